The van der Waals surface area contributed by atoms with Gasteiger partial charge in [0.1, 0.15) is 11.4 Å². The summed E-state index contributed by atoms with van der Waals surface area (Å²) in [4.78, 5) is 13.0. The summed E-state index contributed by atoms with van der Waals surface area (Å²) in [7, 11) is 1.63. The first kappa shape index (κ1) is 18.5. The molecule has 29 heavy (non-hydrogen) atoms. The smallest absolute Gasteiger partial charge is 0.255 e. The predicted octanol–water partition coefficient (Wildman–Crippen LogP) is 4.48. The van der Waals surface area contributed by atoms with Gasteiger partial charge in [-0.3, -0.25) is 4.79 Å². The number of rotatable bonds is 6. The first-order valence-electron chi connectivity index (χ1n) is 9.36. The third-order valence-corrected chi connectivity index (χ3v) is 4.64. The normalized spacial score (nSPS) is 10.5. The number of nitrogens with zero attached hydrogens (tertiary/aromatic N) is 2. The summed E-state index contributed by atoms with van der Waals surface area (Å²) < 4.78 is 6.92. The van der Waals surface area contributed by atoms with Crippen LogP contribution in [0.25, 0.3) is 16.9 Å². The second kappa shape index (κ2) is 8.44. The van der Waals surface area contributed by atoms with Crippen molar-refractivity contribution in [2.24, 2.45) is 0 Å². The zero-order valence-electron chi connectivity index (χ0n) is 16.1. The van der Waals surface area contributed by atoms with E-state index in [1.54, 1.807) is 18.0 Å². The highest BCUT2D eigenvalue weighted by Crippen LogP contribution is 2.23. The summed E-state index contributed by atoms with van der Waals surface area (Å²) in [6, 6.07) is 27.1. The fourth-order valence-corrected chi connectivity index (χ4v) is 3.08. The number of para-hydroxylation sites is 1. The van der Waals surface area contributed by atoms with Gasteiger partial charge in [0.2, 0.25) is 0 Å². The van der Waals surface area contributed by atoms with Gasteiger partial charge in [0.05, 0.1) is 18.4 Å². The van der Waals surface area contributed by atoms with Crippen molar-refractivity contribution in [2.75, 3.05) is 7.11 Å². The Balaban J connectivity index is 1.62. The topological polar surface area (TPSA) is 56.1 Å². The van der Waals surface area contributed by atoms with Crippen molar-refractivity contribution in [3.05, 3.63) is 102 Å². The second-order valence-corrected chi connectivity index (χ2v) is 6.57. The molecular formula is C24H21N3O2. The van der Waals surface area contributed by atoms with Gasteiger partial charge < -0.3 is 10.1 Å². The van der Waals surface area contributed by atoms with Crippen LogP contribution in [0.2, 0.25) is 0 Å². The molecule has 0 aliphatic heterocycles. The Hall–Kier alpha value is -3.86. The van der Waals surface area contributed by atoms with Gasteiger partial charge >= 0.3 is 0 Å². The van der Waals surface area contributed by atoms with E-state index in [1.165, 1.54) is 0 Å². The number of hydrogen-bond donors (Lipinski definition) is 1. The molecule has 1 aromatic heterocycles. The lowest BCUT2D eigenvalue weighted by Crippen LogP contribution is -2.23. The first-order chi connectivity index (χ1) is 14.2. The highest BCUT2D eigenvalue weighted by molar-refractivity contribution is 5.99. The van der Waals surface area contributed by atoms with E-state index in [0.717, 1.165) is 22.6 Å². The van der Waals surface area contributed by atoms with E-state index in [9.17, 15) is 4.79 Å². The van der Waals surface area contributed by atoms with E-state index >= 15 is 0 Å². The van der Waals surface area contributed by atoms with Crippen LogP contribution in [0, 0.1) is 0 Å². The summed E-state index contributed by atoms with van der Waals surface area (Å²) in [6.07, 6.45) is 1.78. The van der Waals surface area contributed by atoms with Crippen molar-refractivity contribution in [1.82, 2.24) is 15.1 Å². The number of amides is 1. The number of ether oxygens (including phenoxy) is 1. The molecule has 0 saturated carbocycles. The molecule has 0 aliphatic carbocycles. The van der Waals surface area contributed by atoms with Crippen molar-refractivity contribution in [3.8, 4) is 22.7 Å². The molecule has 1 N–H and O–H groups in total. The predicted molar refractivity (Wildman–Crippen MR) is 113 cm³/mol. The SMILES string of the molecule is COc1ccc(CNC(=O)c2cn(-c3ccccc3)nc2-c2ccccc2)cc1. The molecule has 0 atom stereocenters. The lowest BCUT2D eigenvalue weighted by Gasteiger charge is -2.06. The fraction of sp³-hybridized carbons (Fsp3) is 0.0833. The zero-order chi connectivity index (χ0) is 20.1. The summed E-state index contributed by atoms with van der Waals surface area (Å²) in [5.41, 5.74) is 3.99. The van der Waals surface area contributed by atoms with E-state index in [-0.39, 0.29) is 5.91 Å². The summed E-state index contributed by atoms with van der Waals surface area (Å²) in [6.45, 7) is 0.424. The molecule has 5 nitrogen and oxygen atoms in total. The van der Waals surface area contributed by atoms with Crippen LogP contribution in [-0.2, 0) is 6.54 Å². The molecule has 0 bridgehead atoms. The van der Waals surface area contributed by atoms with Crippen molar-refractivity contribution in [1.29, 1.82) is 0 Å². The van der Waals surface area contributed by atoms with E-state index < -0.39 is 0 Å². The largest absolute Gasteiger partial charge is 0.497 e. The average molecular weight is 383 g/mol. The number of carbonyl (C=O) groups excluding carboxylic acids is 1. The van der Waals surface area contributed by atoms with Gasteiger partial charge in [0.25, 0.3) is 5.91 Å². The average Bonchev–Trinajstić information content (AvgIpc) is 3.25. The van der Waals surface area contributed by atoms with Gasteiger partial charge in [-0.25, -0.2) is 4.68 Å². The van der Waals surface area contributed by atoms with Crippen LogP contribution in [0.5, 0.6) is 5.75 Å². The van der Waals surface area contributed by atoms with E-state index in [0.29, 0.717) is 17.8 Å². The maximum atomic E-state index is 13.0. The van der Waals surface area contributed by atoms with E-state index in [1.807, 2.05) is 84.9 Å². The van der Waals surface area contributed by atoms with Crippen molar-refractivity contribution in [3.63, 3.8) is 0 Å². The van der Waals surface area contributed by atoms with Crippen LogP contribution in [0.1, 0.15) is 15.9 Å². The van der Waals surface area contributed by atoms with Crippen molar-refractivity contribution in [2.45, 2.75) is 6.54 Å². The molecule has 4 aromatic rings. The van der Waals surface area contributed by atoms with Crippen LogP contribution in [0.4, 0.5) is 0 Å². The Morgan fingerprint density at radius 1 is 0.931 bits per heavy atom. The molecule has 0 aliphatic rings. The molecule has 3 aromatic carbocycles. The standard InChI is InChI=1S/C24H21N3O2/c1-29-21-14-12-18(13-15-21)16-25-24(28)22-17-27(20-10-6-3-7-11-20)26-23(22)19-8-4-2-5-9-19/h2-15,17H,16H2,1H3,(H,25,28). The van der Waals surface area contributed by atoms with Crippen LogP contribution in [0.15, 0.2) is 91.1 Å². The number of nitrogens with one attached hydrogen (secondary N) is 1. The third-order valence-electron chi connectivity index (χ3n) is 4.64. The number of methoxy groups -OCH3 is 1. The molecule has 0 saturated heterocycles. The molecule has 1 amide bonds. The Kier molecular flexibility index (Phi) is 5.38. The Morgan fingerprint density at radius 2 is 1.59 bits per heavy atom. The lowest BCUT2D eigenvalue weighted by atomic mass is 10.1. The quantitative estimate of drug-likeness (QED) is 0.534. The number of aromatic nitrogens is 2. The highest BCUT2D eigenvalue weighted by Gasteiger charge is 2.18. The molecule has 5 heteroatoms. The van der Waals surface area contributed by atoms with Crippen LogP contribution in [0.3, 0.4) is 0 Å². The Bertz CT molecular complexity index is 1090. The molecule has 0 unspecified atom stereocenters. The van der Waals surface area contributed by atoms with Gasteiger partial charge in [-0.2, -0.15) is 5.10 Å². The minimum atomic E-state index is -0.165. The minimum absolute atomic E-state index is 0.165. The molecule has 144 valence electrons. The monoisotopic (exact) mass is 383 g/mol. The van der Waals surface area contributed by atoms with Gasteiger partial charge in [0, 0.05) is 18.3 Å². The maximum absolute atomic E-state index is 13.0. The number of carbonyl (C=O) groups is 1. The van der Waals surface area contributed by atoms with E-state index in [2.05, 4.69) is 10.4 Å². The maximum Gasteiger partial charge on any atom is 0.255 e. The number of benzene rings is 3. The molecule has 4 rings (SSSR count). The summed E-state index contributed by atoms with van der Waals surface area (Å²) >= 11 is 0. The molecule has 0 fully saturated rings. The summed E-state index contributed by atoms with van der Waals surface area (Å²) in [5.74, 6) is 0.623. The highest BCUT2D eigenvalue weighted by atomic mass is 16.5. The third kappa shape index (κ3) is 4.19. The summed E-state index contributed by atoms with van der Waals surface area (Å²) in [5, 5.41) is 7.68. The minimum Gasteiger partial charge on any atom is -0.497 e. The Morgan fingerprint density at radius 3 is 2.24 bits per heavy atom. The molecular weight excluding hydrogens is 362 g/mol. The van der Waals surface area contributed by atoms with Crippen LogP contribution < -0.4 is 10.1 Å². The van der Waals surface area contributed by atoms with Crippen LogP contribution in [-0.4, -0.2) is 22.8 Å². The molecule has 0 spiro atoms. The van der Waals surface area contributed by atoms with Gasteiger partial charge in [-0.05, 0) is 29.8 Å². The first-order valence-corrected chi connectivity index (χ1v) is 9.36. The van der Waals surface area contributed by atoms with Gasteiger partial charge in [0.15, 0.2) is 0 Å². The Labute approximate surface area is 169 Å². The number of hydrogen-bond acceptors (Lipinski definition) is 3. The lowest BCUT2D eigenvalue weighted by molar-refractivity contribution is 0.0951. The fourth-order valence-electron chi connectivity index (χ4n) is 3.08. The molecule has 0 radical (unpaired) electrons. The zero-order valence-corrected chi connectivity index (χ0v) is 16.1. The second-order valence-electron chi connectivity index (χ2n) is 6.57. The van der Waals surface area contributed by atoms with E-state index in [4.69, 9.17) is 4.74 Å². The van der Waals surface area contributed by atoms with Crippen molar-refractivity contribution >= 4 is 5.91 Å². The van der Waals surface area contributed by atoms with Crippen LogP contribution >= 0.6 is 0 Å². The van der Waals surface area contributed by atoms with Crippen molar-refractivity contribution < 1.29 is 9.53 Å². The molecule has 1 heterocycles. The van der Waals surface area contributed by atoms with Gasteiger partial charge in [-0.1, -0.05) is 60.7 Å². The van der Waals surface area contributed by atoms with Gasteiger partial charge in [-0.15, -0.1) is 0 Å².